The molecule has 0 bridgehead atoms. The lowest BCUT2D eigenvalue weighted by Crippen LogP contribution is -1.91. The lowest BCUT2D eigenvalue weighted by atomic mass is 10.3. The van der Waals surface area contributed by atoms with E-state index in [2.05, 4.69) is 11.8 Å². The van der Waals surface area contributed by atoms with E-state index in [1.165, 1.54) is 0 Å². The molecule has 1 N–H and O–H groups in total. The van der Waals surface area contributed by atoms with Crippen molar-refractivity contribution in [1.29, 1.82) is 0 Å². The molecule has 11 heavy (non-hydrogen) atoms. The van der Waals surface area contributed by atoms with Gasteiger partial charge in [0.25, 0.3) is 0 Å². The Bertz CT molecular complexity index is 193. The summed E-state index contributed by atoms with van der Waals surface area (Å²) in [4.78, 5) is 10.0. The fourth-order valence-electron chi connectivity index (χ4n) is 0.507. The van der Waals surface area contributed by atoms with Gasteiger partial charge < -0.3 is 5.11 Å². The van der Waals surface area contributed by atoms with Crippen molar-refractivity contribution in [1.82, 2.24) is 0 Å². The molecule has 0 aromatic carbocycles. The number of aliphatic carboxylic acids is 1. The molecule has 0 aromatic rings. The summed E-state index contributed by atoms with van der Waals surface area (Å²) in [5.41, 5.74) is 0. The van der Waals surface area contributed by atoms with Crippen molar-refractivity contribution in [2.24, 2.45) is 0 Å². The van der Waals surface area contributed by atoms with E-state index < -0.39 is 5.97 Å². The van der Waals surface area contributed by atoms with Gasteiger partial charge in [-0.3, -0.25) is 4.79 Å². The Hall–Kier alpha value is -1.23. The predicted octanol–water partition coefficient (Wildman–Crippen LogP) is 1.82. The van der Waals surface area contributed by atoms with Gasteiger partial charge in [0, 0.05) is 12.8 Å². The normalized spacial score (nSPS) is 9.18. The maximum absolute atomic E-state index is 10.0. The van der Waals surface area contributed by atoms with Crippen LogP contribution in [-0.4, -0.2) is 11.1 Å². The number of hydrogen-bond donors (Lipinski definition) is 1. The number of hydrogen-bond acceptors (Lipinski definition) is 1. The van der Waals surface area contributed by atoms with Gasteiger partial charge in [-0.15, -0.1) is 5.92 Å². The molecule has 0 fully saturated rings. The fraction of sp³-hybridized carbons (Fsp3) is 0.444. The molecular formula is C9H12O2. The van der Waals surface area contributed by atoms with Gasteiger partial charge in [-0.2, -0.15) is 0 Å². The second kappa shape index (κ2) is 6.88. The molecule has 0 aliphatic heterocycles. The van der Waals surface area contributed by atoms with Gasteiger partial charge in [0.1, 0.15) is 0 Å². The van der Waals surface area contributed by atoms with Crippen LogP contribution in [0.5, 0.6) is 0 Å². The van der Waals surface area contributed by atoms with E-state index in [1.54, 1.807) is 0 Å². The van der Waals surface area contributed by atoms with Gasteiger partial charge in [0.2, 0.25) is 0 Å². The van der Waals surface area contributed by atoms with Crippen molar-refractivity contribution < 1.29 is 9.90 Å². The first-order valence-electron chi connectivity index (χ1n) is 3.56. The van der Waals surface area contributed by atoms with Crippen molar-refractivity contribution in [3.63, 3.8) is 0 Å². The molecule has 0 radical (unpaired) electrons. The molecule has 0 atom stereocenters. The minimum Gasteiger partial charge on any atom is -0.481 e. The molecule has 0 aromatic heterocycles. The summed E-state index contributed by atoms with van der Waals surface area (Å²) in [6, 6.07) is 0. The average molecular weight is 152 g/mol. The molecule has 2 nitrogen and oxygen atoms in total. The molecule has 0 rings (SSSR count). The van der Waals surface area contributed by atoms with Crippen molar-refractivity contribution in [3.8, 4) is 11.8 Å². The number of allylic oxidation sites excluding steroid dienone is 2. The average Bonchev–Trinajstić information content (AvgIpc) is 1.96. The summed E-state index contributed by atoms with van der Waals surface area (Å²) in [7, 11) is 0. The first-order chi connectivity index (χ1) is 5.27. The van der Waals surface area contributed by atoms with Gasteiger partial charge >= 0.3 is 5.97 Å². The second-order valence-electron chi connectivity index (χ2n) is 2.02. The first kappa shape index (κ1) is 9.77. The maximum Gasteiger partial charge on any atom is 0.304 e. The standard InChI is InChI=1S/C9H12O2/c1-2-3-4-5-6-7-8-9(10)11/h2-3H,4,7-8H2,1H3,(H,10,11)/b3-2+. The molecule has 0 heterocycles. The zero-order valence-corrected chi connectivity index (χ0v) is 6.63. The number of carbonyl (C=O) groups is 1. The quantitative estimate of drug-likeness (QED) is 0.494. The van der Waals surface area contributed by atoms with E-state index in [4.69, 9.17) is 5.11 Å². The first-order valence-corrected chi connectivity index (χ1v) is 3.56. The van der Waals surface area contributed by atoms with Crippen LogP contribution in [0.3, 0.4) is 0 Å². The Balaban J connectivity index is 3.33. The topological polar surface area (TPSA) is 37.3 Å². The minimum atomic E-state index is -0.787. The molecule has 0 saturated carbocycles. The van der Waals surface area contributed by atoms with Crippen molar-refractivity contribution in [2.75, 3.05) is 0 Å². The van der Waals surface area contributed by atoms with Crippen LogP contribution in [0.2, 0.25) is 0 Å². The van der Waals surface area contributed by atoms with Gasteiger partial charge in [-0.1, -0.05) is 18.1 Å². The molecular weight excluding hydrogens is 140 g/mol. The molecule has 60 valence electrons. The Labute approximate surface area is 66.9 Å². The maximum atomic E-state index is 10.0. The molecule has 0 amide bonds. The Kier molecular flexibility index (Phi) is 6.11. The van der Waals surface area contributed by atoms with E-state index in [-0.39, 0.29) is 6.42 Å². The molecule has 0 saturated heterocycles. The summed E-state index contributed by atoms with van der Waals surface area (Å²) >= 11 is 0. The van der Waals surface area contributed by atoms with Crippen LogP contribution in [0.25, 0.3) is 0 Å². The van der Waals surface area contributed by atoms with Gasteiger partial charge in [-0.25, -0.2) is 0 Å². The highest BCUT2D eigenvalue weighted by molar-refractivity contribution is 5.66. The Morgan fingerprint density at radius 2 is 2.27 bits per heavy atom. The third-order valence-corrected chi connectivity index (χ3v) is 1.04. The molecule has 0 aliphatic rings. The van der Waals surface area contributed by atoms with E-state index in [9.17, 15) is 4.79 Å². The van der Waals surface area contributed by atoms with Crippen LogP contribution in [0.1, 0.15) is 26.2 Å². The summed E-state index contributed by atoms with van der Waals surface area (Å²) < 4.78 is 0. The highest BCUT2D eigenvalue weighted by Crippen LogP contribution is 1.86. The van der Waals surface area contributed by atoms with Crippen LogP contribution in [0.4, 0.5) is 0 Å². The lowest BCUT2D eigenvalue weighted by Gasteiger charge is -1.82. The molecule has 2 heteroatoms. The zero-order valence-electron chi connectivity index (χ0n) is 6.63. The summed E-state index contributed by atoms with van der Waals surface area (Å²) in [5, 5.41) is 8.23. The zero-order chi connectivity index (χ0) is 8.53. The van der Waals surface area contributed by atoms with Crippen molar-refractivity contribution in [2.45, 2.75) is 26.2 Å². The number of carboxylic acids is 1. The molecule has 0 aliphatic carbocycles. The smallest absolute Gasteiger partial charge is 0.304 e. The molecule has 0 unspecified atom stereocenters. The third-order valence-electron chi connectivity index (χ3n) is 1.04. The predicted molar refractivity (Wildman–Crippen MR) is 44.1 cm³/mol. The molecule has 0 spiro atoms. The van der Waals surface area contributed by atoms with E-state index >= 15 is 0 Å². The van der Waals surface area contributed by atoms with E-state index in [0.717, 1.165) is 6.42 Å². The lowest BCUT2D eigenvalue weighted by molar-refractivity contribution is -0.136. The van der Waals surface area contributed by atoms with Crippen molar-refractivity contribution >= 4 is 5.97 Å². The number of rotatable bonds is 3. The highest BCUT2D eigenvalue weighted by atomic mass is 16.4. The van der Waals surface area contributed by atoms with Crippen LogP contribution in [-0.2, 0) is 4.79 Å². The Morgan fingerprint density at radius 3 is 2.82 bits per heavy atom. The van der Waals surface area contributed by atoms with Gasteiger partial charge in [0.05, 0.1) is 6.42 Å². The van der Waals surface area contributed by atoms with Crippen LogP contribution in [0, 0.1) is 11.8 Å². The summed E-state index contributed by atoms with van der Waals surface area (Å²) in [6.07, 6.45) is 5.17. The third kappa shape index (κ3) is 8.77. The number of carboxylic acid groups (broad SMARTS) is 1. The summed E-state index contributed by atoms with van der Waals surface area (Å²) in [5.74, 6) is 4.82. The van der Waals surface area contributed by atoms with Crippen molar-refractivity contribution in [3.05, 3.63) is 12.2 Å². The Morgan fingerprint density at radius 1 is 1.55 bits per heavy atom. The summed E-state index contributed by atoms with van der Waals surface area (Å²) in [6.45, 7) is 1.93. The van der Waals surface area contributed by atoms with E-state index in [1.807, 2.05) is 19.1 Å². The van der Waals surface area contributed by atoms with Gasteiger partial charge in [0.15, 0.2) is 0 Å². The second-order valence-corrected chi connectivity index (χ2v) is 2.02. The van der Waals surface area contributed by atoms with Crippen LogP contribution < -0.4 is 0 Å². The van der Waals surface area contributed by atoms with Crippen LogP contribution in [0.15, 0.2) is 12.2 Å². The largest absolute Gasteiger partial charge is 0.481 e. The monoisotopic (exact) mass is 152 g/mol. The highest BCUT2D eigenvalue weighted by Gasteiger charge is 1.90. The fourth-order valence-corrected chi connectivity index (χ4v) is 0.507. The van der Waals surface area contributed by atoms with Crippen LogP contribution >= 0.6 is 0 Å². The van der Waals surface area contributed by atoms with Gasteiger partial charge in [-0.05, 0) is 6.92 Å². The van der Waals surface area contributed by atoms with E-state index in [0.29, 0.717) is 6.42 Å². The SMILES string of the molecule is C/C=C/CC#CCCC(=O)O. The minimum absolute atomic E-state index is 0.142.